The number of rotatable bonds is 5. The van der Waals surface area contributed by atoms with E-state index in [1.54, 1.807) is 0 Å². The molecule has 6 nitrogen and oxygen atoms in total. The van der Waals surface area contributed by atoms with E-state index in [2.05, 4.69) is 31.7 Å². The summed E-state index contributed by atoms with van der Waals surface area (Å²) in [6.45, 7) is 7.20. The first-order valence-corrected chi connectivity index (χ1v) is 8.23. The smallest absolute Gasteiger partial charge is 0.197 e. The zero-order valence-electron chi connectivity index (χ0n) is 13.0. The lowest BCUT2D eigenvalue weighted by Crippen LogP contribution is -2.48. The maximum atomic E-state index is 5.90. The van der Waals surface area contributed by atoms with Crippen LogP contribution in [0, 0.1) is 0 Å². The minimum Gasteiger partial charge on any atom is -0.444 e. The molecule has 2 fully saturated rings. The van der Waals surface area contributed by atoms with Gasteiger partial charge in [-0.25, -0.2) is 9.97 Å². The Labute approximate surface area is 130 Å². The summed E-state index contributed by atoms with van der Waals surface area (Å²) < 4.78 is 5.90. The topological polar surface area (TPSA) is 61.2 Å². The van der Waals surface area contributed by atoms with Crippen LogP contribution in [-0.2, 0) is 6.54 Å². The number of nitrogens with zero attached hydrogens (tertiary/aromatic N) is 4. The molecular formula is C16H23N5O. The van der Waals surface area contributed by atoms with Crippen molar-refractivity contribution < 1.29 is 4.42 Å². The van der Waals surface area contributed by atoms with E-state index < -0.39 is 0 Å². The first kappa shape index (κ1) is 14.0. The molecule has 1 aliphatic heterocycles. The van der Waals surface area contributed by atoms with E-state index in [1.807, 2.05) is 18.6 Å². The highest BCUT2D eigenvalue weighted by molar-refractivity contribution is 5.06. The number of likely N-dealkylation sites (N-methyl/N-ethyl adjacent to an activating group) is 1. The third kappa shape index (κ3) is 2.80. The van der Waals surface area contributed by atoms with E-state index >= 15 is 0 Å². The molecular weight excluding hydrogens is 278 g/mol. The van der Waals surface area contributed by atoms with Crippen molar-refractivity contribution in [3.63, 3.8) is 0 Å². The Morgan fingerprint density at radius 2 is 2.23 bits per heavy atom. The average molecular weight is 301 g/mol. The van der Waals surface area contributed by atoms with Crippen LogP contribution in [-0.4, -0.2) is 50.9 Å². The first-order valence-electron chi connectivity index (χ1n) is 8.23. The van der Waals surface area contributed by atoms with Gasteiger partial charge in [0.2, 0.25) is 0 Å². The Kier molecular flexibility index (Phi) is 3.72. The van der Waals surface area contributed by atoms with Crippen LogP contribution in [0.1, 0.15) is 49.2 Å². The molecule has 0 amide bonds. The summed E-state index contributed by atoms with van der Waals surface area (Å²) >= 11 is 0. The average Bonchev–Trinajstić information content (AvgIpc) is 3.06. The van der Waals surface area contributed by atoms with Crippen molar-refractivity contribution in [1.29, 1.82) is 0 Å². The zero-order chi connectivity index (χ0) is 14.9. The number of H-pyrrole nitrogens is 1. The van der Waals surface area contributed by atoms with Crippen LogP contribution in [0.2, 0.25) is 0 Å². The molecule has 0 bridgehead atoms. The molecule has 0 spiro atoms. The molecule has 6 heteroatoms. The number of piperazine rings is 1. The van der Waals surface area contributed by atoms with Crippen molar-refractivity contribution in [2.45, 2.75) is 38.3 Å². The second kappa shape index (κ2) is 5.85. The number of aromatic amines is 1. The van der Waals surface area contributed by atoms with Gasteiger partial charge in [-0.2, -0.15) is 0 Å². The predicted molar refractivity (Wildman–Crippen MR) is 82.3 cm³/mol. The van der Waals surface area contributed by atoms with Crippen molar-refractivity contribution >= 4 is 0 Å². The maximum Gasteiger partial charge on any atom is 0.197 e. The standard InChI is InChI=1S/C16H23N5O/c1-2-21-8-7-20(11-14(21)15-17-5-6-18-15)10-13-9-19-16(22-13)12-3-4-12/h5-6,9,12,14H,2-4,7-8,10-11H2,1H3,(H,17,18). The van der Waals surface area contributed by atoms with E-state index in [0.29, 0.717) is 12.0 Å². The van der Waals surface area contributed by atoms with E-state index in [1.165, 1.54) is 12.8 Å². The monoisotopic (exact) mass is 301 g/mol. The second-order valence-corrected chi connectivity index (χ2v) is 6.29. The summed E-state index contributed by atoms with van der Waals surface area (Å²) in [6.07, 6.45) is 8.11. The number of aromatic nitrogens is 3. The van der Waals surface area contributed by atoms with Crippen molar-refractivity contribution in [3.8, 4) is 0 Å². The lowest BCUT2D eigenvalue weighted by Gasteiger charge is -2.39. The number of oxazole rings is 1. The summed E-state index contributed by atoms with van der Waals surface area (Å²) in [5.41, 5.74) is 0. The molecule has 0 aromatic carbocycles. The molecule has 118 valence electrons. The lowest BCUT2D eigenvalue weighted by atomic mass is 10.1. The molecule has 2 aromatic heterocycles. The molecule has 1 saturated carbocycles. The van der Waals surface area contributed by atoms with Gasteiger partial charge in [-0.3, -0.25) is 9.80 Å². The van der Waals surface area contributed by atoms with E-state index in [4.69, 9.17) is 4.42 Å². The fourth-order valence-corrected chi connectivity index (χ4v) is 3.25. The van der Waals surface area contributed by atoms with Crippen LogP contribution in [0.5, 0.6) is 0 Å². The highest BCUT2D eigenvalue weighted by Crippen LogP contribution is 2.39. The molecule has 3 heterocycles. The van der Waals surface area contributed by atoms with Gasteiger partial charge in [0.25, 0.3) is 0 Å². The SMILES string of the molecule is CCN1CCN(Cc2cnc(C3CC3)o2)CC1c1ncc[nH]1. The summed E-state index contributed by atoms with van der Waals surface area (Å²) in [4.78, 5) is 17.1. The van der Waals surface area contributed by atoms with E-state index in [-0.39, 0.29) is 0 Å². The van der Waals surface area contributed by atoms with E-state index in [9.17, 15) is 0 Å². The van der Waals surface area contributed by atoms with Gasteiger partial charge in [-0.05, 0) is 19.4 Å². The largest absolute Gasteiger partial charge is 0.444 e. The maximum absolute atomic E-state index is 5.90. The first-order chi connectivity index (χ1) is 10.8. The molecule has 1 saturated heterocycles. The highest BCUT2D eigenvalue weighted by atomic mass is 16.4. The van der Waals surface area contributed by atoms with Gasteiger partial charge in [-0.1, -0.05) is 6.92 Å². The van der Waals surface area contributed by atoms with Crippen molar-refractivity contribution in [1.82, 2.24) is 24.8 Å². The molecule has 1 aliphatic carbocycles. The molecule has 4 rings (SSSR count). The quantitative estimate of drug-likeness (QED) is 0.917. The number of hydrogen-bond acceptors (Lipinski definition) is 5. The number of nitrogens with one attached hydrogen (secondary N) is 1. The highest BCUT2D eigenvalue weighted by Gasteiger charge is 2.31. The molecule has 1 unspecified atom stereocenters. The molecule has 1 atom stereocenters. The molecule has 1 N–H and O–H groups in total. The van der Waals surface area contributed by atoms with Crippen LogP contribution in [0.3, 0.4) is 0 Å². The van der Waals surface area contributed by atoms with Gasteiger partial charge in [0.05, 0.1) is 18.8 Å². The summed E-state index contributed by atoms with van der Waals surface area (Å²) in [7, 11) is 0. The molecule has 0 radical (unpaired) electrons. The van der Waals surface area contributed by atoms with Crippen molar-refractivity contribution in [2.75, 3.05) is 26.2 Å². The summed E-state index contributed by atoms with van der Waals surface area (Å²) in [5.74, 6) is 3.57. The molecule has 22 heavy (non-hydrogen) atoms. The van der Waals surface area contributed by atoms with Crippen LogP contribution >= 0.6 is 0 Å². The molecule has 2 aromatic rings. The number of hydrogen-bond donors (Lipinski definition) is 1. The van der Waals surface area contributed by atoms with Gasteiger partial charge < -0.3 is 9.40 Å². The lowest BCUT2D eigenvalue weighted by molar-refractivity contribution is 0.0654. The van der Waals surface area contributed by atoms with Crippen LogP contribution in [0.4, 0.5) is 0 Å². The third-order valence-electron chi connectivity index (χ3n) is 4.69. The molecule has 2 aliphatic rings. The Hall–Kier alpha value is -1.66. The Balaban J connectivity index is 1.43. The minimum absolute atomic E-state index is 0.333. The summed E-state index contributed by atoms with van der Waals surface area (Å²) in [5, 5.41) is 0. The normalized spacial score (nSPS) is 24.0. The van der Waals surface area contributed by atoms with Gasteiger partial charge in [0, 0.05) is 37.9 Å². The predicted octanol–water partition coefficient (Wildman–Crippen LogP) is 2.15. The van der Waals surface area contributed by atoms with Crippen LogP contribution in [0.15, 0.2) is 23.0 Å². The Bertz CT molecular complexity index is 604. The fourth-order valence-electron chi connectivity index (χ4n) is 3.25. The van der Waals surface area contributed by atoms with Gasteiger partial charge in [0.15, 0.2) is 5.89 Å². The van der Waals surface area contributed by atoms with Crippen LogP contribution < -0.4 is 0 Å². The zero-order valence-corrected chi connectivity index (χ0v) is 13.0. The minimum atomic E-state index is 0.333. The third-order valence-corrected chi connectivity index (χ3v) is 4.69. The fraction of sp³-hybridized carbons (Fsp3) is 0.625. The Morgan fingerprint density at radius 1 is 1.32 bits per heavy atom. The van der Waals surface area contributed by atoms with Gasteiger partial charge in [0.1, 0.15) is 11.6 Å². The van der Waals surface area contributed by atoms with Crippen LogP contribution in [0.25, 0.3) is 0 Å². The second-order valence-electron chi connectivity index (χ2n) is 6.29. The van der Waals surface area contributed by atoms with Gasteiger partial charge >= 0.3 is 0 Å². The van der Waals surface area contributed by atoms with Crippen molar-refractivity contribution in [3.05, 3.63) is 36.1 Å². The Morgan fingerprint density at radius 3 is 2.95 bits per heavy atom. The van der Waals surface area contributed by atoms with Crippen molar-refractivity contribution in [2.24, 2.45) is 0 Å². The van der Waals surface area contributed by atoms with Gasteiger partial charge in [-0.15, -0.1) is 0 Å². The summed E-state index contributed by atoms with van der Waals surface area (Å²) in [6, 6.07) is 0.333. The number of imidazole rings is 1. The van der Waals surface area contributed by atoms with E-state index in [0.717, 1.165) is 50.2 Å².